The zero-order chi connectivity index (χ0) is 18.6. The molecule has 2 aliphatic rings. The molecule has 0 radical (unpaired) electrons. The van der Waals surface area contributed by atoms with Crippen molar-refractivity contribution in [2.75, 3.05) is 32.8 Å². The third-order valence-electron chi connectivity index (χ3n) is 4.82. The summed E-state index contributed by atoms with van der Waals surface area (Å²) >= 11 is 0. The Hall–Kier alpha value is -2.64. The topological polar surface area (TPSA) is 43.2 Å². The Kier molecular flexibility index (Phi) is 5.22. The molecule has 2 aromatic carbocycles. The average Bonchev–Trinajstić information content (AvgIpc) is 2.72. The lowest BCUT2D eigenvalue weighted by molar-refractivity contribution is 0.0388. The zero-order valence-corrected chi connectivity index (χ0v) is 14.9. The molecular formula is C20H21F2N5. The van der Waals surface area contributed by atoms with Gasteiger partial charge in [0.2, 0.25) is 0 Å². The van der Waals surface area contributed by atoms with E-state index in [-0.39, 0.29) is 17.6 Å². The van der Waals surface area contributed by atoms with Gasteiger partial charge in [-0.1, -0.05) is 24.3 Å². The molecule has 27 heavy (non-hydrogen) atoms. The summed E-state index contributed by atoms with van der Waals surface area (Å²) in [5.74, 6) is -0.224. The molecule has 7 heteroatoms. The fourth-order valence-corrected chi connectivity index (χ4v) is 3.39. The van der Waals surface area contributed by atoms with E-state index in [0.29, 0.717) is 12.5 Å². The smallest absolute Gasteiger partial charge is 0.139 e. The third-order valence-corrected chi connectivity index (χ3v) is 4.82. The van der Waals surface area contributed by atoms with Crippen LogP contribution in [0.3, 0.4) is 0 Å². The van der Waals surface area contributed by atoms with Crippen LogP contribution in [0.25, 0.3) is 0 Å². The number of halogens is 2. The van der Waals surface area contributed by atoms with Gasteiger partial charge in [0.15, 0.2) is 0 Å². The second kappa shape index (κ2) is 7.94. The maximum absolute atomic E-state index is 13.4. The molecule has 0 aliphatic carbocycles. The van der Waals surface area contributed by atoms with Crippen LogP contribution in [0.15, 0.2) is 58.5 Å². The molecular weight excluding hydrogens is 348 g/mol. The van der Waals surface area contributed by atoms with E-state index in [0.717, 1.165) is 37.3 Å². The van der Waals surface area contributed by atoms with Gasteiger partial charge in [-0.2, -0.15) is 0 Å². The quantitative estimate of drug-likeness (QED) is 0.901. The first-order valence-electron chi connectivity index (χ1n) is 9.02. The highest BCUT2D eigenvalue weighted by atomic mass is 19.1. The van der Waals surface area contributed by atoms with Gasteiger partial charge in [0.1, 0.15) is 30.5 Å². The van der Waals surface area contributed by atoms with Gasteiger partial charge >= 0.3 is 0 Å². The van der Waals surface area contributed by atoms with Gasteiger partial charge in [-0.05, 0) is 35.4 Å². The van der Waals surface area contributed by atoms with E-state index >= 15 is 0 Å². The number of nitrogens with one attached hydrogen (secondary N) is 1. The van der Waals surface area contributed by atoms with Gasteiger partial charge in [-0.25, -0.2) is 23.8 Å². The first kappa shape index (κ1) is 17.8. The van der Waals surface area contributed by atoms with Gasteiger partial charge in [0.05, 0.1) is 5.92 Å². The highest BCUT2D eigenvalue weighted by Gasteiger charge is 2.24. The van der Waals surface area contributed by atoms with Crippen LogP contribution in [-0.2, 0) is 0 Å². The standard InChI is InChI=1S/C20H21F2N5/c21-17-5-1-15(2-6-17)19(16-3-7-18(22)8-4-16)20-24-13-27(14-25-20)26-11-9-23-10-12-26/h1-8,13,19,23H,9-12,14H2. The second-order valence-corrected chi connectivity index (χ2v) is 6.58. The number of amidine groups is 1. The third kappa shape index (κ3) is 4.04. The zero-order valence-electron chi connectivity index (χ0n) is 14.9. The predicted octanol–water partition coefficient (Wildman–Crippen LogP) is 2.62. The molecule has 4 rings (SSSR count). The molecule has 140 valence electrons. The minimum Gasteiger partial charge on any atom is -0.314 e. The van der Waals surface area contributed by atoms with Crippen molar-refractivity contribution in [1.82, 2.24) is 15.3 Å². The summed E-state index contributed by atoms with van der Waals surface area (Å²) in [6.07, 6.45) is 1.80. The molecule has 1 fully saturated rings. The van der Waals surface area contributed by atoms with Gasteiger partial charge in [-0.15, -0.1) is 0 Å². The summed E-state index contributed by atoms with van der Waals surface area (Å²) in [5.41, 5.74) is 1.74. The molecule has 1 saturated heterocycles. The van der Waals surface area contributed by atoms with E-state index in [2.05, 4.69) is 20.3 Å². The van der Waals surface area contributed by atoms with Crippen molar-refractivity contribution < 1.29 is 8.78 Å². The summed E-state index contributed by atoms with van der Waals surface area (Å²) in [6, 6.07) is 12.6. The summed E-state index contributed by atoms with van der Waals surface area (Å²) < 4.78 is 26.8. The molecule has 0 amide bonds. The summed E-state index contributed by atoms with van der Waals surface area (Å²) in [5, 5.41) is 7.55. The molecule has 0 atom stereocenters. The van der Waals surface area contributed by atoms with Crippen LogP contribution < -0.4 is 5.32 Å². The Morgan fingerprint density at radius 1 is 0.852 bits per heavy atom. The molecule has 0 aromatic heterocycles. The largest absolute Gasteiger partial charge is 0.314 e. The van der Waals surface area contributed by atoms with E-state index in [1.165, 1.54) is 24.3 Å². The highest BCUT2D eigenvalue weighted by Crippen LogP contribution is 2.28. The van der Waals surface area contributed by atoms with Crippen molar-refractivity contribution in [1.29, 1.82) is 0 Å². The van der Waals surface area contributed by atoms with E-state index in [4.69, 9.17) is 0 Å². The summed E-state index contributed by atoms with van der Waals surface area (Å²) in [4.78, 5) is 9.26. The normalized spacial score (nSPS) is 18.0. The fourth-order valence-electron chi connectivity index (χ4n) is 3.39. The van der Waals surface area contributed by atoms with E-state index < -0.39 is 0 Å². The monoisotopic (exact) mass is 369 g/mol. The first-order chi connectivity index (χ1) is 13.2. The number of rotatable bonds is 4. The lowest BCUT2D eigenvalue weighted by Crippen LogP contribution is -2.52. The molecule has 0 unspecified atom stereocenters. The molecule has 0 saturated carbocycles. The van der Waals surface area contributed by atoms with Crippen LogP contribution in [0, 0.1) is 11.6 Å². The predicted molar refractivity (Wildman–Crippen MR) is 102 cm³/mol. The van der Waals surface area contributed by atoms with Crippen LogP contribution in [0.5, 0.6) is 0 Å². The minimum atomic E-state index is -0.296. The number of benzene rings is 2. The molecule has 0 spiro atoms. The van der Waals surface area contributed by atoms with Gasteiger partial charge < -0.3 is 5.32 Å². The number of hydrazine groups is 1. The maximum atomic E-state index is 13.4. The summed E-state index contributed by atoms with van der Waals surface area (Å²) in [6.45, 7) is 4.19. The number of hydrogen-bond acceptors (Lipinski definition) is 5. The van der Waals surface area contributed by atoms with Crippen molar-refractivity contribution in [3.8, 4) is 0 Å². The summed E-state index contributed by atoms with van der Waals surface area (Å²) in [7, 11) is 0. The lowest BCUT2D eigenvalue weighted by atomic mass is 9.90. The maximum Gasteiger partial charge on any atom is 0.139 e. The Morgan fingerprint density at radius 2 is 1.41 bits per heavy atom. The average molecular weight is 369 g/mol. The molecule has 0 bridgehead atoms. The van der Waals surface area contributed by atoms with Crippen molar-refractivity contribution >= 4 is 12.2 Å². The Morgan fingerprint density at radius 3 is 1.89 bits per heavy atom. The Labute approximate surface area is 157 Å². The van der Waals surface area contributed by atoms with Crippen LogP contribution in [0.1, 0.15) is 17.0 Å². The van der Waals surface area contributed by atoms with E-state index in [1.807, 2.05) is 5.01 Å². The van der Waals surface area contributed by atoms with Crippen LogP contribution in [0.4, 0.5) is 8.78 Å². The Bertz CT molecular complexity index is 781. The van der Waals surface area contributed by atoms with Crippen LogP contribution in [-0.4, -0.2) is 55.0 Å². The van der Waals surface area contributed by atoms with Crippen molar-refractivity contribution in [2.45, 2.75) is 5.92 Å². The van der Waals surface area contributed by atoms with Gasteiger partial charge in [0.25, 0.3) is 0 Å². The number of nitrogens with zero attached hydrogens (tertiary/aromatic N) is 4. The van der Waals surface area contributed by atoms with Crippen molar-refractivity contribution in [3.63, 3.8) is 0 Å². The molecule has 1 N–H and O–H groups in total. The van der Waals surface area contributed by atoms with Crippen molar-refractivity contribution in [3.05, 3.63) is 71.3 Å². The molecule has 2 aliphatic heterocycles. The molecule has 2 heterocycles. The van der Waals surface area contributed by atoms with Crippen LogP contribution in [0.2, 0.25) is 0 Å². The highest BCUT2D eigenvalue weighted by molar-refractivity contribution is 5.97. The number of hydrogen-bond donors (Lipinski definition) is 1. The van der Waals surface area contributed by atoms with Gasteiger partial charge in [-0.3, -0.25) is 5.01 Å². The lowest BCUT2D eigenvalue weighted by Gasteiger charge is -2.36. The van der Waals surface area contributed by atoms with E-state index in [1.54, 1.807) is 30.6 Å². The van der Waals surface area contributed by atoms with Crippen LogP contribution >= 0.6 is 0 Å². The SMILES string of the molecule is Fc1ccc(C(C2=NCN(N3CCNCC3)C=N2)c2ccc(F)cc2)cc1. The minimum absolute atomic E-state index is 0.271. The fraction of sp³-hybridized carbons (Fsp3) is 0.300. The number of piperazine rings is 1. The second-order valence-electron chi connectivity index (χ2n) is 6.58. The van der Waals surface area contributed by atoms with Gasteiger partial charge in [0, 0.05) is 26.2 Å². The number of aliphatic imine (C=N–C) groups is 2. The molecule has 2 aromatic rings. The Balaban J connectivity index is 1.61. The first-order valence-corrected chi connectivity index (χ1v) is 9.02. The van der Waals surface area contributed by atoms with Crippen molar-refractivity contribution in [2.24, 2.45) is 9.98 Å². The van der Waals surface area contributed by atoms with E-state index in [9.17, 15) is 8.78 Å². The molecule has 5 nitrogen and oxygen atoms in total.